The lowest BCUT2D eigenvalue weighted by Gasteiger charge is -2.12. The van der Waals surface area contributed by atoms with Crippen LogP contribution >= 0.6 is 15.9 Å². The zero-order valence-electron chi connectivity index (χ0n) is 11.1. The third kappa shape index (κ3) is 4.62. The van der Waals surface area contributed by atoms with Gasteiger partial charge in [0.25, 0.3) is 0 Å². The number of halogens is 1. The molecule has 1 unspecified atom stereocenters. The van der Waals surface area contributed by atoms with Crippen molar-refractivity contribution in [3.8, 4) is 0 Å². The molecule has 4 nitrogen and oxygen atoms in total. The van der Waals surface area contributed by atoms with Crippen LogP contribution < -0.4 is 0 Å². The molecule has 1 atom stereocenters. The van der Waals surface area contributed by atoms with Gasteiger partial charge in [0.1, 0.15) is 0 Å². The lowest BCUT2D eigenvalue weighted by molar-refractivity contribution is -0.144. The summed E-state index contributed by atoms with van der Waals surface area (Å²) in [5, 5.41) is 0. The second-order valence-corrected chi connectivity index (χ2v) is 7.47. The number of ether oxygens (including phenoxy) is 1. The summed E-state index contributed by atoms with van der Waals surface area (Å²) in [5.74, 6) is -1.43. The van der Waals surface area contributed by atoms with Crippen molar-refractivity contribution in [2.45, 2.75) is 19.6 Å². The summed E-state index contributed by atoms with van der Waals surface area (Å²) >= 11 is 3.37. The molecule has 0 spiro atoms. The molecule has 0 bridgehead atoms. The van der Waals surface area contributed by atoms with Crippen molar-refractivity contribution < 1.29 is 17.9 Å². The maximum Gasteiger partial charge on any atom is 0.309 e. The summed E-state index contributed by atoms with van der Waals surface area (Å²) in [6, 6.07) is 5.44. The van der Waals surface area contributed by atoms with E-state index in [1.165, 1.54) is 7.11 Å². The first-order valence-corrected chi connectivity index (χ1v) is 8.40. The zero-order valence-corrected chi connectivity index (χ0v) is 13.5. The summed E-state index contributed by atoms with van der Waals surface area (Å²) in [4.78, 5) is 11.3. The number of benzene rings is 1. The molecular weight excluding hydrogens is 332 g/mol. The van der Waals surface area contributed by atoms with Gasteiger partial charge in [-0.1, -0.05) is 35.0 Å². The number of hydrogen-bond acceptors (Lipinski definition) is 4. The third-order valence-corrected chi connectivity index (χ3v) is 5.48. The van der Waals surface area contributed by atoms with Crippen molar-refractivity contribution in [2.24, 2.45) is 5.92 Å². The van der Waals surface area contributed by atoms with Crippen LogP contribution in [0.4, 0.5) is 0 Å². The molecule has 0 aromatic heterocycles. The van der Waals surface area contributed by atoms with E-state index in [4.69, 9.17) is 0 Å². The standard InChI is InChI=1S/C13H17BrO4S/c1-9(13(15)18-3)7-19(16,17)8-11-5-4-6-12(14)10(11)2/h4-6,9H,7-8H2,1-3H3. The SMILES string of the molecule is COC(=O)C(C)CS(=O)(=O)Cc1cccc(Br)c1C. The van der Waals surface area contributed by atoms with E-state index in [-0.39, 0.29) is 11.5 Å². The molecule has 0 saturated carbocycles. The monoisotopic (exact) mass is 348 g/mol. The fourth-order valence-corrected chi connectivity index (χ4v) is 3.96. The number of rotatable bonds is 5. The smallest absolute Gasteiger partial charge is 0.309 e. The van der Waals surface area contributed by atoms with Crippen molar-refractivity contribution in [3.05, 3.63) is 33.8 Å². The first-order valence-electron chi connectivity index (χ1n) is 5.79. The lowest BCUT2D eigenvalue weighted by Crippen LogP contribution is -2.23. The van der Waals surface area contributed by atoms with Gasteiger partial charge in [0.2, 0.25) is 0 Å². The van der Waals surface area contributed by atoms with E-state index in [2.05, 4.69) is 20.7 Å². The minimum absolute atomic E-state index is 0.0698. The van der Waals surface area contributed by atoms with Crippen LogP contribution in [0.25, 0.3) is 0 Å². The van der Waals surface area contributed by atoms with Gasteiger partial charge in [-0.15, -0.1) is 0 Å². The highest BCUT2D eigenvalue weighted by molar-refractivity contribution is 9.10. The minimum atomic E-state index is -3.35. The molecule has 0 aliphatic carbocycles. The van der Waals surface area contributed by atoms with Gasteiger partial charge in [0.05, 0.1) is 24.5 Å². The number of esters is 1. The average molecular weight is 349 g/mol. The maximum atomic E-state index is 12.1. The summed E-state index contributed by atoms with van der Waals surface area (Å²) in [6.45, 7) is 3.41. The van der Waals surface area contributed by atoms with Gasteiger partial charge in [0.15, 0.2) is 9.84 Å². The van der Waals surface area contributed by atoms with E-state index in [9.17, 15) is 13.2 Å². The molecule has 0 radical (unpaired) electrons. The first kappa shape index (κ1) is 16.2. The molecular formula is C13H17BrO4S. The Morgan fingerprint density at radius 2 is 2.05 bits per heavy atom. The summed E-state index contributed by atoms with van der Waals surface area (Å²) < 4.78 is 29.6. The Hall–Kier alpha value is -0.880. The second kappa shape index (κ2) is 6.52. The Kier molecular flexibility index (Phi) is 5.55. The van der Waals surface area contributed by atoms with E-state index < -0.39 is 21.7 Å². The first-order chi connectivity index (χ1) is 8.76. The molecule has 6 heteroatoms. The van der Waals surface area contributed by atoms with Gasteiger partial charge in [-0.25, -0.2) is 8.42 Å². The molecule has 0 aliphatic rings. The van der Waals surface area contributed by atoms with Crippen LogP contribution in [0.5, 0.6) is 0 Å². The Balaban J connectivity index is 2.86. The van der Waals surface area contributed by atoms with E-state index in [0.29, 0.717) is 0 Å². The van der Waals surface area contributed by atoms with Gasteiger partial charge < -0.3 is 4.74 Å². The summed E-state index contributed by atoms with van der Waals surface area (Å²) in [6.07, 6.45) is 0. The van der Waals surface area contributed by atoms with E-state index >= 15 is 0 Å². The normalized spacial score (nSPS) is 13.1. The number of methoxy groups -OCH3 is 1. The van der Waals surface area contributed by atoms with Crippen molar-refractivity contribution in [2.75, 3.05) is 12.9 Å². The zero-order chi connectivity index (χ0) is 14.6. The van der Waals surface area contributed by atoms with E-state index in [1.807, 2.05) is 13.0 Å². The van der Waals surface area contributed by atoms with Gasteiger partial charge in [0, 0.05) is 4.47 Å². The Bertz CT molecular complexity index is 566. The van der Waals surface area contributed by atoms with Gasteiger partial charge >= 0.3 is 5.97 Å². The van der Waals surface area contributed by atoms with Gasteiger partial charge in [-0.05, 0) is 24.1 Å². The molecule has 0 fully saturated rings. The fraction of sp³-hybridized carbons (Fsp3) is 0.462. The van der Waals surface area contributed by atoms with Crippen molar-refractivity contribution in [1.29, 1.82) is 0 Å². The molecule has 1 aromatic carbocycles. The third-order valence-electron chi connectivity index (χ3n) is 2.86. The van der Waals surface area contributed by atoms with Crippen LogP contribution in [-0.4, -0.2) is 27.2 Å². The Morgan fingerprint density at radius 1 is 1.42 bits per heavy atom. The predicted molar refractivity (Wildman–Crippen MR) is 77.5 cm³/mol. The molecule has 1 aromatic rings. The summed E-state index contributed by atoms with van der Waals surface area (Å²) in [7, 11) is -2.10. The van der Waals surface area contributed by atoms with Gasteiger partial charge in [-0.3, -0.25) is 4.79 Å². The molecule has 0 heterocycles. The second-order valence-electron chi connectivity index (χ2n) is 4.50. The Labute approximate surface area is 122 Å². The molecule has 0 N–H and O–H groups in total. The average Bonchev–Trinajstić information content (AvgIpc) is 2.33. The van der Waals surface area contributed by atoms with E-state index in [1.54, 1.807) is 19.1 Å². The number of carbonyl (C=O) groups excluding carboxylic acids is 1. The van der Waals surface area contributed by atoms with Crippen molar-refractivity contribution >= 4 is 31.7 Å². The predicted octanol–water partition coefficient (Wildman–Crippen LogP) is 2.48. The van der Waals surface area contributed by atoms with Crippen LogP contribution in [-0.2, 0) is 25.1 Å². The number of sulfone groups is 1. The molecule has 0 aliphatic heterocycles. The van der Waals surface area contributed by atoms with Crippen LogP contribution in [0.3, 0.4) is 0 Å². The lowest BCUT2D eigenvalue weighted by atomic mass is 10.1. The molecule has 1 rings (SSSR count). The largest absolute Gasteiger partial charge is 0.469 e. The highest BCUT2D eigenvalue weighted by atomic mass is 79.9. The Morgan fingerprint density at radius 3 is 2.63 bits per heavy atom. The molecule has 0 saturated heterocycles. The summed E-state index contributed by atoms with van der Waals surface area (Å²) in [5.41, 5.74) is 1.64. The maximum absolute atomic E-state index is 12.1. The minimum Gasteiger partial charge on any atom is -0.469 e. The quantitative estimate of drug-likeness (QED) is 0.767. The number of carbonyl (C=O) groups is 1. The highest BCUT2D eigenvalue weighted by Crippen LogP contribution is 2.22. The van der Waals surface area contributed by atoms with Crippen LogP contribution in [0, 0.1) is 12.8 Å². The van der Waals surface area contributed by atoms with Crippen molar-refractivity contribution in [1.82, 2.24) is 0 Å². The molecule has 0 amide bonds. The van der Waals surface area contributed by atoms with Crippen LogP contribution in [0.1, 0.15) is 18.1 Å². The molecule has 19 heavy (non-hydrogen) atoms. The van der Waals surface area contributed by atoms with E-state index in [0.717, 1.165) is 15.6 Å². The highest BCUT2D eigenvalue weighted by Gasteiger charge is 2.23. The van der Waals surface area contributed by atoms with Crippen LogP contribution in [0.15, 0.2) is 22.7 Å². The topological polar surface area (TPSA) is 60.4 Å². The van der Waals surface area contributed by atoms with Crippen LogP contribution in [0.2, 0.25) is 0 Å². The van der Waals surface area contributed by atoms with Crippen molar-refractivity contribution in [3.63, 3.8) is 0 Å². The molecule has 106 valence electrons. The fourth-order valence-electron chi connectivity index (χ4n) is 1.75. The number of hydrogen-bond donors (Lipinski definition) is 0. The van der Waals surface area contributed by atoms with Gasteiger partial charge in [-0.2, -0.15) is 0 Å².